The number of amides is 1. The number of carbonyl (C=O) groups is 1. The van der Waals surface area contributed by atoms with Gasteiger partial charge in [-0.15, -0.1) is 0 Å². The fourth-order valence-electron chi connectivity index (χ4n) is 1.99. The molecule has 86 valence electrons. The van der Waals surface area contributed by atoms with E-state index in [0.717, 1.165) is 18.5 Å². The molecule has 1 aliphatic carbocycles. The third kappa shape index (κ3) is 2.61. The molecule has 16 heavy (non-hydrogen) atoms. The van der Waals surface area contributed by atoms with Crippen LogP contribution < -0.4 is 5.32 Å². The molecule has 1 aromatic heterocycles. The summed E-state index contributed by atoms with van der Waals surface area (Å²) < 4.78 is 0. The van der Waals surface area contributed by atoms with Crippen molar-refractivity contribution in [3.05, 3.63) is 29.6 Å². The molecule has 2 atom stereocenters. The van der Waals surface area contributed by atoms with Crippen LogP contribution in [0, 0.1) is 6.92 Å². The molecule has 3 nitrogen and oxygen atoms in total. The van der Waals surface area contributed by atoms with Crippen molar-refractivity contribution in [2.75, 3.05) is 0 Å². The number of carbonyl (C=O) groups excluding carboxylic acids is 1. The van der Waals surface area contributed by atoms with Gasteiger partial charge in [0.15, 0.2) is 0 Å². The molecule has 1 aromatic rings. The van der Waals surface area contributed by atoms with Gasteiger partial charge in [0, 0.05) is 16.6 Å². The Morgan fingerprint density at radius 2 is 2.31 bits per heavy atom. The van der Waals surface area contributed by atoms with Crippen LogP contribution in [-0.4, -0.2) is 21.8 Å². The summed E-state index contributed by atoms with van der Waals surface area (Å²) in [7, 11) is 0. The number of nitrogens with zero attached hydrogens (tertiary/aromatic N) is 1. The molecule has 1 fully saturated rings. The quantitative estimate of drug-likeness (QED) is 0.847. The van der Waals surface area contributed by atoms with Crippen LogP contribution in [-0.2, 0) is 0 Å². The first kappa shape index (κ1) is 11.6. The van der Waals surface area contributed by atoms with Gasteiger partial charge in [-0.1, -0.05) is 28.4 Å². The lowest BCUT2D eigenvalue weighted by Gasteiger charge is -2.15. The number of hydrogen-bond donors (Lipinski definition) is 1. The highest BCUT2D eigenvalue weighted by Crippen LogP contribution is 2.25. The molecule has 0 radical (unpaired) electrons. The fraction of sp³-hybridized carbons (Fsp3) is 0.500. The molecule has 4 heteroatoms. The van der Waals surface area contributed by atoms with Gasteiger partial charge in [0.2, 0.25) is 0 Å². The lowest BCUT2D eigenvalue weighted by molar-refractivity contribution is 0.0933. The van der Waals surface area contributed by atoms with Crippen LogP contribution in [0.4, 0.5) is 0 Å². The van der Waals surface area contributed by atoms with Gasteiger partial charge < -0.3 is 5.32 Å². The summed E-state index contributed by atoms with van der Waals surface area (Å²) in [6.45, 7) is 1.89. The molecule has 2 rings (SSSR count). The molecule has 0 aromatic carbocycles. The molecule has 0 bridgehead atoms. The maximum atomic E-state index is 11.9. The van der Waals surface area contributed by atoms with Crippen LogP contribution in [0.3, 0.4) is 0 Å². The van der Waals surface area contributed by atoms with Gasteiger partial charge in [0.1, 0.15) is 5.69 Å². The molecule has 1 N–H and O–H groups in total. The summed E-state index contributed by atoms with van der Waals surface area (Å²) in [6, 6.07) is 5.74. The summed E-state index contributed by atoms with van der Waals surface area (Å²) in [6.07, 6.45) is 3.35. The molecule has 1 heterocycles. The predicted molar refractivity (Wildman–Crippen MR) is 66.8 cm³/mol. The van der Waals surface area contributed by atoms with Gasteiger partial charge in [-0.2, -0.15) is 0 Å². The Hall–Kier alpha value is -0.900. The Kier molecular flexibility index (Phi) is 3.59. The van der Waals surface area contributed by atoms with Crippen LogP contribution in [0.5, 0.6) is 0 Å². The minimum atomic E-state index is -0.0694. The highest BCUT2D eigenvalue weighted by atomic mass is 79.9. The summed E-state index contributed by atoms with van der Waals surface area (Å²) >= 11 is 3.59. The lowest BCUT2D eigenvalue weighted by Crippen LogP contribution is -2.38. The number of hydrogen-bond acceptors (Lipinski definition) is 2. The number of alkyl halides is 1. The Morgan fingerprint density at radius 3 is 2.94 bits per heavy atom. The second-order valence-corrected chi connectivity index (χ2v) is 5.37. The fourth-order valence-corrected chi connectivity index (χ4v) is 2.71. The van der Waals surface area contributed by atoms with Gasteiger partial charge in [-0.05, 0) is 31.9 Å². The molecule has 2 unspecified atom stereocenters. The van der Waals surface area contributed by atoms with Crippen molar-refractivity contribution in [1.82, 2.24) is 10.3 Å². The van der Waals surface area contributed by atoms with E-state index >= 15 is 0 Å². The summed E-state index contributed by atoms with van der Waals surface area (Å²) in [5.41, 5.74) is 1.38. The zero-order chi connectivity index (χ0) is 11.5. The first-order valence-corrected chi connectivity index (χ1v) is 6.47. The van der Waals surface area contributed by atoms with E-state index in [0.29, 0.717) is 10.5 Å². The van der Waals surface area contributed by atoms with E-state index in [-0.39, 0.29) is 11.9 Å². The van der Waals surface area contributed by atoms with E-state index in [1.807, 2.05) is 19.1 Å². The van der Waals surface area contributed by atoms with Gasteiger partial charge in [0.05, 0.1) is 0 Å². The largest absolute Gasteiger partial charge is 0.347 e. The first-order chi connectivity index (χ1) is 7.66. The summed E-state index contributed by atoms with van der Waals surface area (Å²) in [5, 5.41) is 3.02. The maximum absolute atomic E-state index is 11.9. The number of rotatable bonds is 2. The van der Waals surface area contributed by atoms with Crippen LogP contribution in [0.15, 0.2) is 18.2 Å². The minimum Gasteiger partial charge on any atom is -0.347 e. The predicted octanol–water partition coefficient (Wildman–Crippen LogP) is 2.44. The van der Waals surface area contributed by atoms with Crippen LogP contribution in [0.2, 0.25) is 0 Å². The smallest absolute Gasteiger partial charge is 0.270 e. The van der Waals surface area contributed by atoms with Crippen molar-refractivity contribution in [1.29, 1.82) is 0 Å². The van der Waals surface area contributed by atoms with Crippen molar-refractivity contribution in [3.8, 4) is 0 Å². The van der Waals surface area contributed by atoms with Gasteiger partial charge in [-0.25, -0.2) is 4.98 Å². The SMILES string of the molecule is Cc1cccc(C(=O)NC2CCCC2Br)n1. The first-order valence-electron chi connectivity index (χ1n) is 5.55. The van der Waals surface area contributed by atoms with E-state index in [1.54, 1.807) is 6.07 Å². The highest BCUT2D eigenvalue weighted by molar-refractivity contribution is 9.09. The van der Waals surface area contributed by atoms with E-state index in [1.165, 1.54) is 6.42 Å². The van der Waals surface area contributed by atoms with Crippen molar-refractivity contribution >= 4 is 21.8 Å². The normalized spacial score (nSPS) is 24.4. The molecule has 1 aliphatic rings. The zero-order valence-electron chi connectivity index (χ0n) is 9.24. The second kappa shape index (κ2) is 4.95. The van der Waals surface area contributed by atoms with Gasteiger partial charge in [-0.3, -0.25) is 4.79 Å². The molecule has 1 saturated carbocycles. The number of aryl methyl sites for hydroxylation is 1. The third-order valence-electron chi connectivity index (χ3n) is 2.87. The average molecular weight is 283 g/mol. The van der Waals surface area contributed by atoms with E-state index in [9.17, 15) is 4.79 Å². The van der Waals surface area contributed by atoms with Crippen molar-refractivity contribution in [2.24, 2.45) is 0 Å². The zero-order valence-corrected chi connectivity index (χ0v) is 10.8. The van der Waals surface area contributed by atoms with E-state index < -0.39 is 0 Å². The topological polar surface area (TPSA) is 42.0 Å². The highest BCUT2D eigenvalue weighted by Gasteiger charge is 2.26. The van der Waals surface area contributed by atoms with Gasteiger partial charge >= 0.3 is 0 Å². The molecule has 0 saturated heterocycles. The Morgan fingerprint density at radius 1 is 1.50 bits per heavy atom. The number of nitrogens with one attached hydrogen (secondary N) is 1. The number of aromatic nitrogens is 1. The van der Waals surface area contributed by atoms with Crippen molar-refractivity contribution in [3.63, 3.8) is 0 Å². The number of halogens is 1. The number of pyridine rings is 1. The lowest BCUT2D eigenvalue weighted by atomic mass is 10.2. The standard InChI is InChI=1S/C12H15BrN2O/c1-8-4-2-7-11(14-8)12(16)15-10-6-3-5-9(10)13/h2,4,7,9-10H,3,5-6H2,1H3,(H,15,16). The summed E-state index contributed by atoms with van der Waals surface area (Å²) in [5.74, 6) is -0.0694. The van der Waals surface area contributed by atoms with Crippen LogP contribution >= 0.6 is 15.9 Å². The molecule has 0 spiro atoms. The average Bonchev–Trinajstić information content (AvgIpc) is 2.64. The van der Waals surface area contributed by atoms with Crippen molar-refractivity contribution in [2.45, 2.75) is 37.1 Å². The van der Waals surface area contributed by atoms with Crippen molar-refractivity contribution < 1.29 is 4.79 Å². The van der Waals surface area contributed by atoms with E-state index in [2.05, 4.69) is 26.2 Å². The molecule has 0 aliphatic heterocycles. The molecular weight excluding hydrogens is 268 g/mol. The minimum absolute atomic E-state index is 0.0694. The Bertz CT molecular complexity index is 394. The van der Waals surface area contributed by atoms with Crippen LogP contribution in [0.25, 0.3) is 0 Å². The van der Waals surface area contributed by atoms with E-state index in [4.69, 9.17) is 0 Å². The Balaban J connectivity index is 2.03. The summed E-state index contributed by atoms with van der Waals surface area (Å²) in [4.78, 5) is 16.5. The maximum Gasteiger partial charge on any atom is 0.270 e. The Labute approximate surface area is 104 Å². The molecule has 1 amide bonds. The monoisotopic (exact) mass is 282 g/mol. The van der Waals surface area contributed by atoms with Crippen LogP contribution in [0.1, 0.15) is 35.4 Å². The third-order valence-corrected chi connectivity index (χ3v) is 3.97. The van der Waals surface area contributed by atoms with Gasteiger partial charge in [0.25, 0.3) is 5.91 Å². The molecular formula is C12H15BrN2O. The second-order valence-electron chi connectivity index (χ2n) is 4.19.